The average Bonchev–Trinajstić information content (AvgIpc) is 3.04. The summed E-state index contributed by atoms with van der Waals surface area (Å²) in [5.41, 5.74) is -6.85. The van der Waals surface area contributed by atoms with E-state index in [1.807, 2.05) is 0 Å². The van der Waals surface area contributed by atoms with Crippen LogP contribution in [-0.2, 0) is 19.6 Å². The van der Waals surface area contributed by atoms with Crippen molar-refractivity contribution in [1.82, 2.24) is 0 Å². The van der Waals surface area contributed by atoms with Gasteiger partial charge in [-0.15, -0.1) is 0 Å². The van der Waals surface area contributed by atoms with Crippen LogP contribution in [0.15, 0.2) is 12.1 Å². The number of hydrogen-bond donors (Lipinski definition) is 0. The van der Waals surface area contributed by atoms with Gasteiger partial charge in [-0.2, -0.15) is 39.2 Å². The van der Waals surface area contributed by atoms with Crippen LogP contribution in [0.1, 0.15) is 31.2 Å². The number of rotatable bonds is 5. The Bertz CT molecular complexity index is 909. The predicted octanol–water partition coefficient (Wildman–Crippen LogP) is 4.43. The SMILES string of the molecule is CCOC(=O)C1CC(C(F)(F)F)CC1c1ccc(F)c(F)c1OS(=O)(=O)C(F)(F)F. The van der Waals surface area contributed by atoms with Gasteiger partial charge in [-0.25, -0.2) is 4.39 Å². The van der Waals surface area contributed by atoms with Gasteiger partial charge in [0.1, 0.15) is 0 Å². The molecule has 170 valence electrons. The molecule has 1 saturated carbocycles. The smallest absolute Gasteiger partial charge is 0.466 e. The topological polar surface area (TPSA) is 69.7 Å². The highest BCUT2D eigenvalue weighted by Gasteiger charge is 2.53. The second-order valence-electron chi connectivity index (χ2n) is 6.44. The van der Waals surface area contributed by atoms with Crippen molar-refractivity contribution in [2.45, 2.75) is 37.4 Å². The minimum Gasteiger partial charge on any atom is -0.466 e. The fourth-order valence-electron chi connectivity index (χ4n) is 3.24. The molecule has 14 heteroatoms. The fraction of sp³-hybridized carbons (Fsp3) is 0.562. The normalized spacial score (nSPS) is 22.8. The molecule has 0 spiro atoms. The van der Waals surface area contributed by atoms with E-state index in [0.717, 1.165) is 0 Å². The van der Waals surface area contributed by atoms with Gasteiger partial charge in [-0.1, -0.05) is 6.07 Å². The van der Waals surface area contributed by atoms with Gasteiger partial charge in [0.05, 0.1) is 18.4 Å². The second-order valence-corrected chi connectivity index (χ2v) is 7.98. The number of halogens is 8. The van der Waals surface area contributed by atoms with Crippen LogP contribution in [0.5, 0.6) is 5.75 Å². The van der Waals surface area contributed by atoms with Crippen LogP contribution in [0, 0.1) is 23.5 Å². The zero-order valence-electron chi connectivity index (χ0n) is 15.0. The molecule has 1 aliphatic carbocycles. The number of carbonyl (C=O) groups is 1. The Morgan fingerprint density at radius 1 is 1.10 bits per heavy atom. The van der Waals surface area contributed by atoms with E-state index in [-0.39, 0.29) is 6.61 Å². The van der Waals surface area contributed by atoms with E-state index in [9.17, 15) is 48.3 Å². The standard InChI is InChI=1S/C16H14F8O5S/c1-2-28-14(25)10-6-7(15(19,20)21)5-9(10)8-3-4-11(17)12(18)13(8)29-30(26,27)16(22,23)24/h3-4,7,9-10H,2,5-6H2,1H3. The van der Waals surface area contributed by atoms with Crippen molar-refractivity contribution in [3.63, 3.8) is 0 Å². The molecule has 0 amide bonds. The molecule has 0 aromatic heterocycles. The van der Waals surface area contributed by atoms with Crippen molar-refractivity contribution < 1.29 is 57.3 Å². The third kappa shape index (κ3) is 4.78. The molecule has 0 aliphatic heterocycles. The molecule has 0 heterocycles. The van der Waals surface area contributed by atoms with Crippen molar-refractivity contribution in [2.24, 2.45) is 11.8 Å². The van der Waals surface area contributed by atoms with Crippen molar-refractivity contribution >= 4 is 16.1 Å². The number of hydrogen-bond acceptors (Lipinski definition) is 5. The van der Waals surface area contributed by atoms with Crippen LogP contribution < -0.4 is 4.18 Å². The van der Waals surface area contributed by atoms with Crippen molar-refractivity contribution in [3.05, 3.63) is 29.3 Å². The average molecular weight is 470 g/mol. The van der Waals surface area contributed by atoms with Gasteiger partial charge in [0.2, 0.25) is 5.82 Å². The molecule has 0 radical (unpaired) electrons. The summed E-state index contributed by atoms with van der Waals surface area (Å²) >= 11 is 0. The zero-order chi connectivity index (χ0) is 23.1. The lowest BCUT2D eigenvalue weighted by Gasteiger charge is -2.22. The highest BCUT2D eigenvalue weighted by Crippen LogP contribution is 2.52. The van der Waals surface area contributed by atoms with E-state index in [2.05, 4.69) is 8.92 Å². The van der Waals surface area contributed by atoms with E-state index < -0.39 is 81.3 Å². The minimum absolute atomic E-state index is 0.234. The fourth-order valence-corrected chi connectivity index (χ4v) is 3.72. The maximum absolute atomic E-state index is 14.2. The number of esters is 1. The molecule has 0 N–H and O–H groups in total. The first-order valence-corrected chi connectivity index (χ1v) is 9.73. The summed E-state index contributed by atoms with van der Waals surface area (Å²) in [6, 6.07) is 0.955. The van der Waals surface area contributed by atoms with Crippen LogP contribution >= 0.6 is 0 Å². The second kappa shape index (κ2) is 8.19. The van der Waals surface area contributed by atoms with E-state index >= 15 is 0 Å². The van der Waals surface area contributed by atoms with Gasteiger partial charge in [0.25, 0.3) is 0 Å². The quantitative estimate of drug-likeness (QED) is 0.276. The van der Waals surface area contributed by atoms with Gasteiger partial charge < -0.3 is 8.92 Å². The summed E-state index contributed by atoms with van der Waals surface area (Å²) < 4.78 is 136. The molecule has 0 bridgehead atoms. The molecule has 1 fully saturated rings. The molecule has 1 aromatic rings. The highest BCUT2D eigenvalue weighted by molar-refractivity contribution is 7.88. The minimum atomic E-state index is -6.48. The largest absolute Gasteiger partial charge is 0.534 e. The molecule has 30 heavy (non-hydrogen) atoms. The lowest BCUT2D eigenvalue weighted by atomic mass is 9.88. The van der Waals surface area contributed by atoms with Crippen LogP contribution in [0.2, 0.25) is 0 Å². The molecule has 3 atom stereocenters. The van der Waals surface area contributed by atoms with Crippen molar-refractivity contribution in [1.29, 1.82) is 0 Å². The molecule has 1 aromatic carbocycles. The third-order valence-electron chi connectivity index (χ3n) is 4.57. The Balaban J connectivity index is 2.60. The monoisotopic (exact) mass is 470 g/mol. The van der Waals surface area contributed by atoms with Gasteiger partial charge in [0.15, 0.2) is 11.6 Å². The molecular weight excluding hydrogens is 456 g/mol. The van der Waals surface area contributed by atoms with Gasteiger partial charge >= 0.3 is 27.8 Å². The number of carbonyl (C=O) groups excluding carboxylic acids is 1. The van der Waals surface area contributed by atoms with Crippen molar-refractivity contribution in [3.8, 4) is 5.75 Å². The molecule has 1 aliphatic rings. The Morgan fingerprint density at radius 3 is 2.20 bits per heavy atom. The van der Waals surface area contributed by atoms with Crippen molar-refractivity contribution in [2.75, 3.05) is 6.61 Å². The summed E-state index contributed by atoms with van der Waals surface area (Å²) in [6.45, 7) is 1.12. The lowest BCUT2D eigenvalue weighted by Crippen LogP contribution is -2.29. The zero-order valence-corrected chi connectivity index (χ0v) is 15.8. The summed E-state index contributed by atoms with van der Waals surface area (Å²) in [6.07, 6.45) is -6.55. The summed E-state index contributed by atoms with van der Waals surface area (Å²) in [4.78, 5) is 12.1. The van der Waals surface area contributed by atoms with Gasteiger partial charge in [-0.05, 0) is 25.8 Å². The van der Waals surface area contributed by atoms with Gasteiger partial charge in [-0.3, -0.25) is 4.79 Å². The Hall–Kier alpha value is -2.12. The first kappa shape index (κ1) is 24.2. The summed E-state index contributed by atoms with van der Waals surface area (Å²) in [5.74, 6) is -12.2. The predicted molar refractivity (Wildman–Crippen MR) is 83.6 cm³/mol. The van der Waals surface area contributed by atoms with E-state index in [0.29, 0.717) is 12.1 Å². The summed E-state index contributed by atoms with van der Waals surface area (Å²) in [7, 11) is -6.48. The van der Waals surface area contributed by atoms with E-state index in [4.69, 9.17) is 0 Å². The number of alkyl halides is 6. The molecule has 2 rings (SSSR count). The maximum Gasteiger partial charge on any atom is 0.534 e. The lowest BCUT2D eigenvalue weighted by molar-refractivity contribution is -0.174. The van der Waals surface area contributed by atoms with Crippen LogP contribution in [0.3, 0.4) is 0 Å². The van der Waals surface area contributed by atoms with Gasteiger partial charge in [0, 0.05) is 11.5 Å². The first-order valence-electron chi connectivity index (χ1n) is 8.32. The molecule has 5 nitrogen and oxygen atoms in total. The van der Waals surface area contributed by atoms with E-state index in [1.54, 1.807) is 0 Å². The number of ether oxygens (including phenoxy) is 1. The summed E-state index contributed by atoms with van der Waals surface area (Å²) in [5, 5.41) is 0. The first-order chi connectivity index (χ1) is 13.6. The molecule has 3 unspecified atom stereocenters. The Morgan fingerprint density at radius 2 is 1.70 bits per heavy atom. The third-order valence-corrected chi connectivity index (χ3v) is 5.52. The number of benzene rings is 1. The highest BCUT2D eigenvalue weighted by atomic mass is 32.2. The Kier molecular flexibility index (Phi) is 6.60. The Labute approximate surface area is 165 Å². The maximum atomic E-state index is 14.2. The van der Waals surface area contributed by atoms with Crippen LogP contribution in [0.25, 0.3) is 0 Å². The van der Waals surface area contributed by atoms with Crippen LogP contribution in [-0.4, -0.2) is 32.7 Å². The van der Waals surface area contributed by atoms with Crippen LogP contribution in [0.4, 0.5) is 35.1 Å². The molecular formula is C16H14F8O5S. The molecule has 0 saturated heterocycles. The van der Waals surface area contributed by atoms with E-state index in [1.165, 1.54) is 6.92 Å².